The number of carbonyl (C=O) groups excluding carboxylic acids is 2. The molecule has 0 aliphatic heterocycles. The molecule has 0 aliphatic carbocycles. The quantitative estimate of drug-likeness (QED) is 0.725. The number of benzene rings is 2. The molecule has 1 aromatic heterocycles. The molecule has 3 aromatic rings. The van der Waals surface area contributed by atoms with Crippen LogP contribution < -0.4 is 15.4 Å². The van der Waals surface area contributed by atoms with Gasteiger partial charge in [-0.05, 0) is 43.3 Å². The number of anilines is 1. The molecule has 134 valence electrons. The highest BCUT2D eigenvalue weighted by atomic mass is 35.5. The van der Waals surface area contributed by atoms with E-state index >= 15 is 0 Å². The van der Waals surface area contributed by atoms with Gasteiger partial charge in [-0.15, -0.1) is 0 Å². The van der Waals surface area contributed by atoms with E-state index in [1.54, 1.807) is 43.3 Å². The number of ether oxygens (including phenoxy) is 1. The number of fused-ring (bicyclic) bond motifs is 1. The van der Waals surface area contributed by atoms with Gasteiger partial charge in [-0.2, -0.15) is 0 Å². The van der Waals surface area contributed by atoms with Crippen LogP contribution in [-0.4, -0.2) is 26.0 Å². The predicted octanol–water partition coefficient (Wildman–Crippen LogP) is 4.02. The van der Waals surface area contributed by atoms with Crippen LogP contribution in [0.5, 0.6) is 5.75 Å². The number of rotatable bonds is 4. The summed E-state index contributed by atoms with van der Waals surface area (Å²) in [5, 5.41) is 6.62. The summed E-state index contributed by atoms with van der Waals surface area (Å²) in [4.78, 5) is 24.5. The third-order valence-corrected chi connectivity index (χ3v) is 4.28. The van der Waals surface area contributed by atoms with Crippen molar-refractivity contribution in [3.8, 4) is 5.75 Å². The Morgan fingerprint density at radius 2 is 1.88 bits per heavy atom. The monoisotopic (exact) mass is 372 g/mol. The average Bonchev–Trinajstić information content (AvgIpc) is 2.97. The first-order valence-corrected chi connectivity index (χ1v) is 8.22. The highest BCUT2D eigenvalue weighted by molar-refractivity contribution is 6.31. The zero-order chi connectivity index (χ0) is 18.8. The molecule has 0 aliphatic rings. The molecule has 0 unspecified atom stereocenters. The van der Waals surface area contributed by atoms with E-state index in [1.165, 1.54) is 14.2 Å². The smallest absolute Gasteiger partial charge is 0.291 e. The van der Waals surface area contributed by atoms with Crippen LogP contribution in [0.25, 0.3) is 11.0 Å². The molecule has 2 aromatic carbocycles. The molecule has 6 nitrogen and oxygen atoms in total. The topological polar surface area (TPSA) is 80.6 Å². The van der Waals surface area contributed by atoms with E-state index in [0.717, 1.165) is 5.39 Å². The number of amides is 2. The summed E-state index contributed by atoms with van der Waals surface area (Å²) in [6, 6.07) is 9.94. The third-order valence-electron chi connectivity index (χ3n) is 4.04. The maximum absolute atomic E-state index is 12.7. The van der Waals surface area contributed by atoms with Crippen LogP contribution in [0.15, 0.2) is 40.8 Å². The molecule has 0 bridgehead atoms. The van der Waals surface area contributed by atoms with Gasteiger partial charge in [0.15, 0.2) is 5.76 Å². The minimum atomic E-state index is -0.442. The van der Waals surface area contributed by atoms with Gasteiger partial charge in [-0.25, -0.2) is 0 Å². The molecule has 2 amide bonds. The minimum Gasteiger partial charge on any atom is -0.495 e. The summed E-state index contributed by atoms with van der Waals surface area (Å²) < 4.78 is 10.9. The van der Waals surface area contributed by atoms with Gasteiger partial charge in [0.25, 0.3) is 11.8 Å². The third kappa shape index (κ3) is 3.23. The number of methoxy groups -OCH3 is 1. The molecular formula is C19H17ClN2O4. The molecule has 1 heterocycles. The Bertz CT molecular complexity index is 1010. The van der Waals surface area contributed by atoms with Crippen LogP contribution >= 0.6 is 11.6 Å². The fourth-order valence-electron chi connectivity index (χ4n) is 2.68. The van der Waals surface area contributed by atoms with Crippen molar-refractivity contribution in [1.82, 2.24) is 5.32 Å². The molecule has 3 rings (SSSR count). The molecule has 0 saturated carbocycles. The summed E-state index contributed by atoms with van der Waals surface area (Å²) >= 11 is 6.01. The van der Waals surface area contributed by atoms with Gasteiger partial charge in [0.05, 0.1) is 12.8 Å². The molecule has 2 N–H and O–H groups in total. The Kier molecular flexibility index (Phi) is 4.86. The second-order valence-corrected chi connectivity index (χ2v) is 6.08. The Morgan fingerprint density at radius 3 is 2.58 bits per heavy atom. The van der Waals surface area contributed by atoms with Crippen molar-refractivity contribution in [1.29, 1.82) is 0 Å². The largest absolute Gasteiger partial charge is 0.495 e. The van der Waals surface area contributed by atoms with Crippen molar-refractivity contribution in [2.75, 3.05) is 19.5 Å². The summed E-state index contributed by atoms with van der Waals surface area (Å²) in [5.41, 5.74) is 2.03. The maximum Gasteiger partial charge on any atom is 0.291 e. The fraction of sp³-hybridized carbons (Fsp3) is 0.158. The molecule has 0 atom stereocenters. The highest BCUT2D eigenvalue weighted by Crippen LogP contribution is 2.30. The maximum atomic E-state index is 12.7. The number of carbonyl (C=O) groups is 2. The second-order valence-electron chi connectivity index (χ2n) is 5.64. The van der Waals surface area contributed by atoms with E-state index in [1.807, 2.05) is 0 Å². The number of halogens is 1. The molecule has 0 saturated heterocycles. The zero-order valence-electron chi connectivity index (χ0n) is 14.5. The summed E-state index contributed by atoms with van der Waals surface area (Å²) in [6.07, 6.45) is 0. The van der Waals surface area contributed by atoms with Gasteiger partial charge in [-0.1, -0.05) is 11.6 Å². The molecule has 0 fully saturated rings. The first-order valence-electron chi connectivity index (χ1n) is 7.84. The minimum absolute atomic E-state index is 0.176. The van der Waals surface area contributed by atoms with E-state index in [-0.39, 0.29) is 11.7 Å². The first kappa shape index (κ1) is 17.8. The van der Waals surface area contributed by atoms with Crippen molar-refractivity contribution >= 4 is 40.1 Å². The molecule has 7 heteroatoms. The number of hydrogen-bond acceptors (Lipinski definition) is 4. The van der Waals surface area contributed by atoms with E-state index in [2.05, 4.69) is 10.6 Å². The lowest BCUT2D eigenvalue weighted by molar-refractivity contribution is 0.0960. The fourth-order valence-corrected chi connectivity index (χ4v) is 2.85. The number of furan rings is 1. The number of nitrogens with one attached hydrogen (secondary N) is 2. The molecule has 0 radical (unpaired) electrons. The molecular weight excluding hydrogens is 356 g/mol. The lowest BCUT2D eigenvalue weighted by atomic mass is 10.1. The van der Waals surface area contributed by atoms with E-state index in [4.69, 9.17) is 20.8 Å². The van der Waals surface area contributed by atoms with Crippen molar-refractivity contribution in [3.05, 3.63) is 58.3 Å². The van der Waals surface area contributed by atoms with Crippen LogP contribution in [0.2, 0.25) is 5.02 Å². The van der Waals surface area contributed by atoms with E-state index in [9.17, 15) is 9.59 Å². The average molecular weight is 373 g/mol. The van der Waals surface area contributed by atoms with Crippen molar-refractivity contribution in [3.63, 3.8) is 0 Å². The van der Waals surface area contributed by atoms with Gasteiger partial charge >= 0.3 is 0 Å². The second kappa shape index (κ2) is 7.09. The van der Waals surface area contributed by atoms with Crippen molar-refractivity contribution in [2.45, 2.75) is 6.92 Å². The SMILES string of the molecule is CNC(=O)c1ccc(OC)c(NC(=O)c2oc3ccc(Cl)cc3c2C)c1. The summed E-state index contributed by atoms with van der Waals surface area (Å²) in [5.74, 6) is -0.0997. The van der Waals surface area contributed by atoms with Gasteiger partial charge in [-0.3, -0.25) is 9.59 Å². The van der Waals surface area contributed by atoms with Gasteiger partial charge in [0.1, 0.15) is 11.3 Å². The van der Waals surface area contributed by atoms with Gasteiger partial charge < -0.3 is 19.8 Å². The number of aryl methyl sites for hydroxylation is 1. The van der Waals surface area contributed by atoms with Crippen LogP contribution in [0.3, 0.4) is 0 Å². The first-order chi connectivity index (χ1) is 12.4. The van der Waals surface area contributed by atoms with E-state index < -0.39 is 5.91 Å². The Balaban J connectivity index is 1.97. The number of hydrogen-bond donors (Lipinski definition) is 2. The summed E-state index contributed by atoms with van der Waals surface area (Å²) in [6.45, 7) is 1.79. The van der Waals surface area contributed by atoms with Crippen molar-refractivity contribution < 1.29 is 18.7 Å². The Morgan fingerprint density at radius 1 is 1.12 bits per heavy atom. The molecule has 26 heavy (non-hydrogen) atoms. The van der Waals surface area contributed by atoms with Crippen LogP contribution in [0.4, 0.5) is 5.69 Å². The normalized spacial score (nSPS) is 10.6. The lowest BCUT2D eigenvalue weighted by Crippen LogP contribution is -2.19. The van der Waals surface area contributed by atoms with Crippen molar-refractivity contribution in [2.24, 2.45) is 0 Å². The molecule has 0 spiro atoms. The van der Waals surface area contributed by atoms with Crippen LogP contribution in [-0.2, 0) is 0 Å². The highest BCUT2D eigenvalue weighted by Gasteiger charge is 2.20. The van der Waals surface area contributed by atoms with Gasteiger partial charge in [0.2, 0.25) is 0 Å². The summed E-state index contributed by atoms with van der Waals surface area (Å²) in [7, 11) is 3.02. The zero-order valence-corrected chi connectivity index (χ0v) is 15.2. The van der Waals surface area contributed by atoms with E-state index in [0.29, 0.717) is 33.2 Å². The lowest BCUT2D eigenvalue weighted by Gasteiger charge is -2.11. The van der Waals surface area contributed by atoms with Gasteiger partial charge in [0, 0.05) is 28.6 Å². The standard InChI is InChI=1S/C19H17ClN2O4/c1-10-13-9-12(20)5-7-15(13)26-17(10)19(24)22-14-8-11(18(23)21-2)4-6-16(14)25-3/h4-9H,1-3H3,(H,21,23)(H,22,24). The van der Waals surface area contributed by atoms with Crippen LogP contribution in [0, 0.1) is 6.92 Å². The van der Waals surface area contributed by atoms with Crippen LogP contribution in [0.1, 0.15) is 26.5 Å². The Hall–Kier alpha value is -2.99. The predicted molar refractivity (Wildman–Crippen MR) is 100 cm³/mol. The Labute approximate surface area is 155 Å².